The highest BCUT2D eigenvalue weighted by atomic mass is 16.5. The fraction of sp³-hybridized carbons (Fsp3) is 0.200. The van der Waals surface area contributed by atoms with Crippen molar-refractivity contribution < 1.29 is 14.6 Å². The number of amides is 1. The van der Waals surface area contributed by atoms with Crippen LogP contribution in [0.15, 0.2) is 54.6 Å². The van der Waals surface area contributed by atoms with Gasteiger partial charge in [-0.15, -0.1) is 5.10 Å². The van der Waals surface area contributed by atoms with Crippen molar-refractivity contribution in [2.75, 3.05) is 18.9 Å². The van der Waals surface area contributed by atoms with Crippen LogP contribution in [0.4, 0.5) is 5.82 Å². The summed E-state index contributed by atoms with van der Waals surface area (Å²) < 4.78 is 7.38. The zero-order chi connectivity index (χ0) is 19.0. The van der Waals surface area contributed by atoms with Gasteiger partial charge in [-0.2, -0.15) is 0 Å². The fourth-order valence-corrected chi connectivity index (χ4v) is 3.21. The minimum atomic E-state index is -0.953. The molecule has 3 N–H and O–H groups in total. The summed E-state index contributed by atoms with van der Waals surface area (Å²) in [6.07, 6.45) is -0.953. The summed E-state index contributed by atoms with van der Waals surface area (Å²) in [5.41, 5.74) is 8.87. The Balaban J connectivity index is 1.46. The first-order valence-corrected chi connectivity index (χ1v) is 8.69. The summed E-state index contributed by atoms with van der Waals surface area (Å²) in [6.45, 7) is 2.28. The number of ether oxygens (including phenoxy) is 1. The summed E-state index contributed by atoms with van der Waals surface area (Å²) in [5.74, 6) is 0.712. The fourth-order valence-electron chi connectivity index (χ4n) is 3.21. The summed E-state index contributed by atoms with van der Waals surface area (Å²) in [5, 5.41) is 14.8. The second-order valence-electron chi connectivity index (χ2n) is 6.37. The molecule has 0 saturated carbocycles. The van der Waals surface area contributed by atoms with Crippen molar-refractivity contribution in [2.24, 2.45) is 0 Å². The lowest BCUT2D eigenvalue weighted by atomic mass is 10.1. The Morgan fingerprint density at radius 1 is 1.15 bits per heavy atom. The van der Waals surface area contributed by atoms with Gasteiger partial charge in [-0.1, -0.05) is 36.4 Å². The van der Waals surface area contributed by atoms with E-state index < -0.39 is 6.23 Å². The van der Waals surface area contributed by atoms with Crippen LogP contribution in [0.3, 0.4) is 0 Å². The molecule has 7 nitrogen and oxygen atoms in total. The van der Waals surface area contributed by atoms with Crippen molar-refractivity contribution in [1.82, 2.24) is 14.7 Å². The quantitative estimate of drug-likeness (QED) is 0.724. The van der Waals surface area contributed by atoms with Gasteiger partial charge in [0.1, 0.15) is 12.4 Å². The Labute approximate surface area is 156 Å². The van der Waals surface area contributed by atoms with E-state index in [1.54, 1.807) is 28.9 Å². The Morgan fingerprint density at radius 3 is 2.59 bits per heavy atom. The number of nitrogens with zero attached hydrogens (tertiary/aromatic N) is 3. The zero-order valence-corrected chi connectivity index (χ0v) is 14.9. The first kappa shape index (κ1) is 17.1. The third-order valence-electron chi connectivity index (χ3n) is 4.72. The molecule has 2 heterocycles. The molecule has 1 aliphatic rings. The Hall–Kier alpha value is -3.32. The minimum absolute atomic E-state index is 0.197. The number of carbonyl (C=O) groups excluding carboxylic acids is 1. The van der Waals surface area contributed by atoms with Crippen LogP contribution in [-0.4, -0.2) is 38.8 Å². The number of nitrogens with two attached hydrogens (primary N) is 1. The van der Waals surface area contributed by atoms with E-state index in [-0.39, 0.29) is 19.1 Å². The summed E-state index contributed by atoms with van der Waals surface area (Å²) in [4.78, 5) is 13.8. The first-order chi connectivity index (χ1) is 13.1. The van der Waals surface area contributed by atoms with Gasteiger partial charge in [-0.05, 0) is 25.1 Å². The topological polar surface area (TPSA) is 93.6 Å². The highest BCUT2D eigenvalue weighted by molar-refractivity contribution is 5.98. The van der Waals surface area contributed by atoms with Gasteiger partial charge in [0.15, 0.2) is 6.23 Å². The van der Waals surface area contributed by atoms with Crippen LogP contribution in [-0.2, 0) is 0 Å². The number of hydrogen-bond acceptors (Lipinski definition) is 5. The molecule has 1 aliphatic heterocycles. The molecule has 27 heavy (non-hydrogen) atoms. The first-order valence-electron chi connectivity index (χ1n) is 8.69. The molecule has 0 radical (unpaired) electrons. The Morgan fingerprint density at radius 2 is 1.85 bits per heavy atom. The number of hydrogen-bond donors (Lipinski definition) is 2. The minimum Gasteiger partial charge on any atom is -0.474 e. The number of rotatable bonds is 5. The summed E-state index contributed by atoms with van der Waals surface area (Å²) in [7, 11) is 0. The number of nitrogen functional groups attached to an aromatic ring is 1. The molecule has 7 heteroatoms. The van der Waals surface area contributed by atoms with Crippen molar-refractivity contribution in [2.45, 2.75) is 13.2 Å². The molecule has 0 bridgehead atoms. The van der Waals surface area contributed by atoms with Crippen molar-refractivity contribution in [3.8, 4) is 11.6 Å². The van der Waals surface area contributed by atoms with Gasteiger partial charge in [0.2, 0.25) is 5.88 Å². The Bertz CT molecular complexity index is 984. The molecule has 1 atom stereocenters. The standard InChI is InChI=1S/C20H20N4O3/c1-13-17(21)24(14-7-3-2-4-8-14)22-18(13)27-12-11-23-19(25)15-9-5-6-10-16(15)20(23)26/h2-10,19,25H,11-12,21H2,1H3. The number of fused-ring (bicyclic) bond motifs is 1. The highest BCUT2D eigenvalue weighted by Gasteiger charge is 2.34. The second kappa shape index (κ2) is 6.77. The zero-order valence-electron chi connectivity index (χ0n) is 14.9. The van der Waals surface area contributed by atoms with E-state index in [9.17, 15) is 9.90 Å². The van der Waals surface area contributed by atoms with Gasteiger partial charge in [-0.25, -0.2) is 4.68 Å². The number of para-hydroxylation sites is 1. The van der Waals surface area contributed by atoms with Crippen molar-refractivity contribution in [3.05, 3.63) is 71.3 Å². The molecule has 0 spiro atoms. The second-order valence-corrected chi connectivity index (χ2v) is 6.37. The lowest BCUT2D eigenvalue weighted by Crippen LogP contribution is -2.32. The largest absolute Gasteiger partial charge is 0.474 e. The average molecular weight is 364 g/mol. The number of aromatic nitrogens is 2. The summed E-state index contributed by atoms with van der Waals surface area (Å²) in [6, 6.07) is 16.6. The van der Waals surface area contributed by atoms with E-state index in [4.69, 9.17) is 10.5 Å². The molecule has 1 unspecified atom stereocenters. The normalized spacial score (nSPS) is 15.9. The van der Waals surface area contributed by atoms with Gasteiger partial charge in [0.25, 0.3) is 5.91 Å². The predicted molar refractivity (Wildman–Crippen MR) is 101 cm³/mol. The Kier molecular flexibility index (Phi) is 4.29. The number of anilines is 1. The molecule has 0 saturated heterocycles. The van der Waals surface area contributed by atoms with Crippen molar-refractivity contribution in [1.29, 1.82) is 0 Å². The molecule has 1 aromatic heterocycles. The maximum absolute atomic E-state index is 12.4. The SMILES string of the molecule is Cc1c(OCCN2C(=O)c3ccccc3C2O)nn(-c2ccccc2)c1N. The van der Waals surface area contributed by atoms with E-state index in [2.05, 4.69) is 5.10 Å². The van der Waals surface area contributed by atoms with E-state index in [0.29, 0.717) is 22.8 Å². The predicted octanol–water partition coefficient (Wildman–Crippen LogP) is 2.29. The third-order valence-corrected chi connectivity index (χ3v) is 4.72. The molecular weight excluding hydrogens is 344 g/mol. The maximum atomic E-state index is 12.4. The molecule has 4 rings (SSSR count). The van der Waals surface area contributed by atoms with Gasteiger partial charge in [0.05, 0.1) is 17.8 Å². The number of aliphatic hydroxyl groups is 1. The van der Waals surface area contributed by atoms with Crippen LogP contribution in [0, 0.1) is 6.92 Å². The van der Waals surface area contributed by atoms with Crippen molar-refractivity contribution in [3.63, 3.8) is 0 Å². The van der Waals surface area contributed by atoms with E-state index in [1.165, 1.54) is 4.90 Å². The van der Waals surface area contributed by atoms with Gasteiger partial charge in [0, 0.05) is 11.1 Å². The average Bonchev–Trinajstić information content (AvgIpc) is 3.12. The van der Waals surface area contributed by atoms with Crippen molar-refractivity contribution >= 4 is 11.7 Å². The van der Waals surface area contributed by atoms with E-state index in [1.807, 2.05) is 37.3 Å². The molecule has 3 aromatic rings. The lowest BCUT2D eigenvalue weighted by molar-refractivity contribution is 0.0121. The van der Waals surface area contributed by atoms with Gasteiger partial charge in [-0.3, -0.25) is 4.79 Å². The monoisotopic (exact) mass is 364 g/mol. The molecule has 0 fully saturated rings. The summed E-state index contributed by atoms with van der Waals surface area (Å²) >= 11 is 0. The van der Waals surface area contributed by atoms with Gasteiger partial charge >= 0.3 is 0 Å². The molecule has 138 valence electrons. The van der Waals surface area contributed by atoms with Crippen LogP contribution in [0.1, 0.15) is 27.7 Å². The number of carbonyl (C=O) groups is 1. The third kappa shape index (κ3) is 2.92. The van der Waals surface area contributed by atoms with E-state index in [0.717, 1.165) is 11.3 Å². The lowest BCUT2D eigenvalue weighted by Gasteiger charge is -2.20. The molecule has 1 amide bonds. The van der Waals surface area contributed by atoms with Crippen LogP contribution < -0.4 is 10.5 Å². The smallest absolute Gasteiger partial charge is 0.256 e. The number of benzene rings is 2. The van der Waals surface area contributed by atoms with Crippen LogP contribution in [0.5, 0.6) is 5.88 Å². The van der Waals surface area contributed by atoms with Crippen LogP contribution in [0.2, 0.25) is 0 Å². The molecular formula is C20H20N4O3. The van der Waals surface area contributed by atoms with Gasteiger partial charge < -0.3 is 20.5 Å². The number of aliphatic hydroxyl groups excluding tert-OH is 1. The van der Waals surface area contributed by atoms with Crippen LogP contribution >= 0.6 is 0 Å². The molecule has 0 aliphatic carbocycles. The highest BCUT2D eigenvalue weighted by Crippen LogP contribution is 2.31. The maximum Gasteiger partial charge on any atom is 0.256 e. The van der Waals surface area contributed by atoms with Crippen LogP contribution in [0.25, 0.3) is 5.69 Å². The van der Waals surface area contributed by atoms with E-state index >= 15 is 0 Å². The molecule has 2 aromatic carbocycles.